The fraction of sp³-hybridized carbons (Fsp3) is 0.385. The number of hydrogen-bond acceptors (Lipinski definition) is 4. The minimum absolute atomic E-state index is 0.149. The predicted octanol–water partition coefficient (Wildman–Crippen LogP) is 1.75. The lowest BCUT2D eigenvalue weighted by Crippen LogP contribution is -2.32. The lowest BCUT2D eigenvalue weighted by Gasteiger charge is -2.11. The Morgan fingerprint density at radius 3 is 2.71 bits per heavy atom. The van der Waals surface area contributed by atoms with Crippen molar-refractivity contribution < 1.29 is 22.7 Å². The van der Waals surface area contributed by atoms with Gasteiger partial charge in [-0.15, -0.1) is 0 Å². The van der Waals surface area contributed by atoms with Crippen LogP contribution in [0.3, 0.4) is 0 Å². The molecule has 0 saturated heterocycles. The fourth-order valence-corrected chi connectivity index (χ4v) is 1.50. The minimum atomic E-state index is -4.51. The molecule has 0 radical (unpaired) electrons. The second-order valence-electron chi connectivity index (χ2n) is 4.07. The van der Waals surface area contributed by atoms with Gasteiger partial charge in [-0.05, 0) is 18.2 Å². The van der Waals surface area contributed by atoms with Gasteiger partial charge >= 0.3 is 6.18 Å². The highest BCUT2D eigenvalue weighted by Gasteiger charge is 2.31. The van der Waals surface area contributed by atoms with Gasteiger partial charge in [0, 0.05) is 13.7 Å². The van der Waals surface area contributed by atoms with Gasteiger partial charge in [0.05, 0.1) is 30.0 Å². The highest BCUT2D eigenvalue weighted by molar-refractivity contribution is 5.81. The molecule has 0 spiro atoms. The Morgan fingerprint density at radius 1 is 1.43 bits per heavy atom. The molecule has 0 aliphatic heterocycles. The number of carbonyl (C=O) groups excluding carboxylic acids is 1. The van der Waals surface area contributed by atoms with E-state index in [2.05, 4.69) is 10.6 Å². The molecule has 0 unspecified atom stereocenters. The van der Waals surface area contributed by atoms with Crippen LogP contribution in [0.2, 0.25) is 0 Å². The van der Waals surface area contributed by atoms with Crippen LogP contribution in [-0.2, 0) is 15.7 Å². The van der Waals surface area contributed by atoms with Crippen LogP contribution in [0.15, 0.2) is 18.2 Å². The number of rotatable bonds is 6. The van der Waals surface area contributed by atoms with Gasteiger partial charge in [0.1, 0.15) is 6.07 Å². The Kier molecular flexibility index (Phi) is 5.99. The summed E-state index contributed by atoms with van der Waals surface area (Å²) >= 11 is 0. The Balaban J connectivity index is 2.68. The van der Waals surface area contributed by atoms with Crippen LogP contribution in [0, 0.1) is 11.3 Å². The second-order valence-corrected chi connectivity index (χ2v) is 4.07. The molecule has 1 aromatic rings. The van der Waals surface area contributed by atoms with Crippen molar-refractivity contribution >= 4 is 11.6 Å². The molecular weight excluding hydrogens is 287 g/mol. The van der Waals surface area contributed by atoms with E-state index in [1.165, 1.54) is 7.11 Å². The molecule has 8 heteroatoms. The van der Waals surface area contributed by atoms with E-state index >= 15 is 0 Å². The van der Waals surface area contributed by atoms with Gasteiger partial charge in [-0.3, -0.25) is 4.79 Å². The van der Waals surface area contributed by atoms with Crippen LogP contribution in [-0.4, -0.2) is 32.7 Å². The zero-order valence-corrected chi connectivity index (χ0v) is 11.3. The van der Waals surface area contributed by atoms with E-state index in [4.69, 9.17) is 10.00 Å². The van der Waals surface area contributed by atoms with E-state index in [0.717, 1.165) is 18.2 Å². The number of methoxy groups -OCH3 is 1. The molecule has 114 valence electrons. The normalized spacial score (nSPS) is 10.8. The van der Waals surface area contributed by atoms with Gasteiger partial charge in [0.15, 0.2) is 0 Å². The zero-order chi connectivity index (χ0) is 15.9. The van der Waals surface area contributed by atoms with Crippen molar-refractivity contribution in [1.29, 1.82) is 5.26 Å². The number of nitriles is 1. The maximum atomic E-state index is 12.5. The lowest BCUT2D eigenvalue weighted by molar-refractivity contribution is -0.137. The van der Waals surface area contributed by atoms with Crippen LogP contribution >= 0.6 is 0 Å². The van der Waals surface area contributed by atoms with Gasteiger partial charge in [-0.25, -0.2) is 0 Å². The number of ether oxygens (including phenoxy) is 1. The van der Waals surface area contributed by atoms with Gasteiger partial charge in [-0.1, -0.05) is 0 Å². The molecule has 1 amide bonds. The van der Waals surface area contributed by atoms with E-state index in [0.29, 0.717) is 13.2 Å². The summed E-state index contributed by atoms with van der Waals surface area (Å²) in [6.45, 7) is 0.536. The smallest absolute Gasteiger partial charge is 0.383 e. The summed E-state index contributed by atoms with van der Waals surface area (Å²) in [6.07, 6.45) is -4.51. The number of alkyl halides is 3. The van der Waals surface area contributed by atoms with E-state index in [9.17, 15) is 18.0 Å². The number of nitrogens with one attached hydrogen (secondary N) is 2. The first-order valence-electron chi connectivity index (χ1n) is 5.99. The molecule has 0 fully saturated rings. The van der Waals surface area contributed by atoms with Crippen LogP contribution in [0.5, 0.6) is 0 Å². The Bertz CT molecular complexity index is 538. The molecule has 1 rings (SSSR count). The summed E-state index contributed by atoms with van der Waals surface area (Å²) in [5.41, 5.74) is -0.906. The maximum absolute atomic E-state index is 12.5. The molecule has 1 aromatic carbocycles. The lowest BCUT2D eigenvalue weighted by atomic mass is 10.1. The summed E-state index contributed by atoms with van der Waals surface area (Å²) in [5.74, 6) is -0.351. The quantitative estimate of drug-likeness (QED) is 0.785. The molecular formula is C13H14F3N3O2. The number of hydrogen-bond donors (Lipinski definition) is 2. The highest BCUT2D eigenvalue weighted by Crippen LogP contribution is 2.31. The minimum Gasteiger partial charge on any atom is -0.383 e. The third kappa shape index (κ3) is 5.31. The number of anilines is 1. The number of amides is 1. The molecule has 0 bridgehead atoms. The average Bonchev–Trinajstić information content (AvgIpc) is 2.44. The summed E-state index contributed by atoms with van der Waals surface area (Å²) in [4.78, 5) is 11.4. The number of nitrogens with zero attached hydrogens (tertiary/aromatic N) is 1. The van der Waals surface area contributed by atoms with E-state index in [1.54, 1.807) is 6.07 Å². The fourth-order valence-electron chi connectivity index (χ4n) is 1.50. The zero-order valence-electron chi connectivity index (χ0n) is 11.3. The predicted molar refractivity (Wildman–Crippen MR) is 69.5 cm³/mol. The number of halogens is 3. The summed E-state index contributed by atoms with van der Waals surface area (Å²) in [7, 11) is 1.49. The van der Waals surface area contributed by atoms with Crippen LogP contribution < -0.4 is 10.6 Å². The summed E-state index contributed by atoms with van der Waals surface area (Å²) in [5, 5.41) is 14.0. The van der Waals surface area contributed by atoms with Crippen molar-refractivity contribution in [1.82, 2.24) is 5.32 Å². The van der Waals surface area contributed by atoms with Crippen LogP contribution in [0.1, 0.15) is 11.1 Å². The third-order valence-corrected chi connectivity index (χ3v) is 2.54. The Hall–Kier alpha value is -2.27. The van der Waals surface area contributed by atoms with E-state index < -0.39 is 11.7 Å². The summed E-state index contributed by atoms with van der Waals surface area (Å²) < 4.78 is 42.3. The summed E-state index contributed by atoms with van der Waals surface area (Å²) in [6, 6.07) is 4.39. The molecule has 0 heterocycles. The first kappa shape index (κ1) is 16.8. The van der Waals surface area contributed by atoms with Crippen molar-refractivity contribution in [2.45, 2.75) is 6.18 Å². The van der Waals surface area contributed by atoms with Crippen LogP contribution in [0.25, 0.3) is 0 Å². The Morgan fingerprint density at radius 2 is 2.14 bits per heavy atom. The molecule has 0 aliphatic carbocycles. The first-order chi connectivity index (χ1) is 9.88. The molecule has 0 aliphatic rings. The van der Waals surface area contributed by atoms with Gasteiger partial charge < -0.3 is 15.4 Å². The third-order valence-electron chi connectivity index (χ3n) is 2.54. The van der Waals surface area contributed by atoms with Crippen molar-refractivity contribution in [3.05, 3.63) is 29.3 Å². The van der Waals surface area contributed by atoms with Gasteiger partial charge in [0.25, 0.3) is 0 Å². The Labute approximate surface area is 119 Å². The van der Waals surface area contributed by atoms with Gasteiger partial charge in [-0.2, -0.15) is 18.4 Å². The average molecular weight is 301 g/mol. The molecule has 0 saturated carbocycles. The van der Waals surface area contributed by atoms with E-state index in [1.807, 2.05) is 0 Å². The monoisotopic (exact) mass is 301 g/mol. The van der Waals surface area contributed by atoms with Crippen LogP contribution in [0.4, 0.5) is 18.9 Å². The van der Waals surface area contributed by atoms with Crippen molar-refractivity contribution in [3.8, 4) is 6.07 Å². The first-order valence-corrected chi connectivity index (χ1v) is 5.99. The highest BCUT2D eigenvalue weighted by atomic mass is 19.4. The van der Waals surface area contributed by atoms with Crippen molar-refractivity contribution in [2.24, 2.45) is 0 Å². The molecule has 21 heavy (non-hydrogen) atoms. The molecule has 5 nitrogen and oxygen atoms in total. The topological polar surface area (TPSA) is 74.2 Å². The molecule has 0 aromatic heterocycles. The maximum Gasteiger partial charge on any atom is 0.416 e. The van der Waals surface area contributed by atoms with Crippen molar-refractivity contribution in [3.63, 3.8) is 0 Å². The molecule has 2 N–H and O–H groups in total. The SMILES string of the molecule is COCCNC(=O)CNc1ccc(C(F)(F)F)cc1C#N. The largest absolute Gasteiger partial charge is 0.416 e. The van der Waals surface area contributed by atoms with Gasteiger partial charge in [0.2, 0.25) is 5.91 Å². The number of benzene rings is 1. The van der Waals surface area contributed by atoms with E-state index in [-0.39, 0.29) is 23.7 Å². The van der Waals surface area contributed by atoms with Crippen molar-refractivity contribution in [2.75, 3.05) is 32.1 Å². The second kappa shape index (κ2) is 7.50. The standard InChI is InChI=1S/C13H14F3N3O2/c1-21-5-4-18-12(20)8-19-11-3-2-10(13(14,15)16)6-9(11)7-17/h2-3,6,19H,4-5,8H2,1H3,(H,18,20). The molecule has 0 atom stereocenters. The number of carbonyl (C=O) groups is 1.